The minimum atomic E-state index is -0.221. The van der Waals surface area contributed by atoms with Crippen LogP contribution in [0.2, 0.25) is 0 Å². The Balaban J connectivity index is 1.79. The summed E-state index contributed by atoms with van der Waals surface area (Å²) in [5.74, 6) is 1.13. The van der Waals surface area contributed by atoms with Gasteiger partial charge in [-0.05, 0) is 49.3 Å². The quantitative estimate of drug-likeness (QED) is 0.742. The van der Waals surface area contributed by atoms with Crippen molar-refractivity contribution in [3.8, 4) is 0 Å². The Hall–Kier alpha value is -2.06. The fourth-order valence-electron chi connectivity index (χ4n) is 3.57. The van der Waals surface area contributed by atoms with E-state index in [1.165, 1.54) is 24.0 Å². The zero-order chi connectivity index (χ0) is 17.0. The molecule has 1 fully saturated rings. The van der Waals surface area contributed by atoms with Crippen LogP contribution < -0.4 is 5.73 Å². The zero-order valence-electron chi connectivity index (χ0n) is 14.5. The molecule has 1 aliphatic rings. The van der Waals surface area contributed by atoms with Crippen molar-refractivity contribution < 1.29 is 4.74 Å². The molecule has 0 amide bonds. The summed E-state index contributed by atoms with van der Waals surface area (Å²) in [4.78, 5) is 0. The van der Waals surface area contributed by atoms with E-state index in [0.29, 0.717) is 12.5 Å². The first-order chi connectivity index (χ1) is 11.6. The molecule has 1 atom stereocenters. The lowest BCUT2D eigenvalue weighted by atomic mass is 9.91. The highest BCUT2D eigenvalue weighted by molar-refractivity contribution is 5.58. The van der Waals surface area contributed by atoms with E-state index in [-0.39, 0.29) is 5.60 Å². The van der Waals surface area contributed by atoms with E-state index < -0.39 is 0 Å². The largest absolute Gasteiger partial charge is 0.483 e. The molecule has 2 aromatic rings. The van der Waals surface area contributed by atoms with Gasteiger partial charge in [-0.25, -0.2) is 0 Å². The van der Waals surface area contributed by atoms with Crippen LogP contribution in [0.4, 0.5) is 0 Å². The second-order valence-electron chi connectivity index (χ2n) is 6.85. The van der Waals surface area contributed by atoms with Crippen molar-refractivity contribution in [2.45, 2.75) is 44.1 Å². The average Bonchev–Trinajstić information content (AvgIpc) is 3.11. The monoisotopic (exact) mass is 321 g/mol. The van der Waals surface area contributed by atoms with Crippen LogP contribution in [-0.4, -0.2) is 6.54 Å². The number of hydrogen-bond acceptors (Lipinski definition) is 2. The van der Waals surface area contributed by atoms with Gasteiger partial charge in [0.1, 0.15) is 11.4 Å². The predicted octanol–water partition coefficient (Wildman–Crippen LogP) is 5.21. The van der Waals surface area contributed by atoms with Crippen LogP contribution in [0.15, 0.2) is 61.2 Å². The van der Waals surface area contributed by atoms with Crippen LogP contribution in [0.5, 0.6) is 0 Å². The van der Waals surface area contributed by atoms with Gasteiger partial charge in [0.05, 0.1) is 0 Å². The van der Waals surface area contributed by atoms with Crippen molar-refractivity contribution in [1.82, 2.24) is 0 Å². The van der Waals surface area contributed by atoms with Crippen LogP contribution in [0.3, 0.4) is 0 Å². The summed E-state index contributed by atoms with van der Waals surface area (Å²) in [6.07, 6.45) is 4.51. The summed E-state index contributed by atoms with van der Waals surface area (Å²) in [6, 6.07) is 19.0. The van der Waals surface area contributed by atoms with Crippen LogP contribution in [0.25, 0.3) is 5.76 Å². The van der Waals surface area contributed by atoms with Gasteiger partial charge in [-0.3, -0.25) is 0 Å². The van der Waals surface area contributed by atoms with Crippen LogP contribution in [-0.2, 0) is 10.3 Å². The number of rotatable bonds is 6. The van der Waals surface area contributed by atoms with E-state index in [9.17, 15) is 0 Å². The highest BCUT2D eigenvalue weighted by Gasteiger charge is 2.38. The maximum Gasteiger partial charge on any atom is 0.134 e. The molecule has 2 heteroatoms. The van der Waals surface area contributed by atoms with Crippen molar-refractivity contribution in [1.29, 1.82) is 0 Å². The normalized spacial score (nSPS) is 17.4. The second kappa shape index (κ2) is 7.23. The Bertz CT molecular complexity index is 669. The average molecular weight is 321 g/mol. The molecule has 2 N–H and O–H groups in total. The molecule has 0 spiro atoms. The molecule has 24 heavy (non-hydrogen) atoms. The summed E-state index contributed by atoms with van der Waals surface area (Å²) < 4.78 is 6.48. The number of benzene rings is 2. The van der Waals surface area contributed by atoms with Crippen molar-refractivity contribution in [2.24, 2.45) is 5.73 Å². The molecule has 1 saturated carbocycles. The molecule has 0 saturated heterocycles. The van der Waals surface area contributed by atoms with Gasteiger partial charge in [0.2, 0.25) is 0 Å². The van der Waals surface area contributed by atoms with Crippen molar-refractivity contribution >= 4 is 5.76 Å². The molecule has 0 radical (unpaired) electrons. The molecule has 2 nitrogen and oxygen atoms in total. The van der Waals surface area contributed by atoms with Gasteiger partial charge in [0.25, 0.3) is 0 Å². The summed E-state index contributed by atoms with van der Waals surface area (Å²) in [6.45, 7) is 7.01. The Morgan fingerprint density at radius 1 is 1.08 bits per heavy atom. The Morgan fingerprint density at radius 2 is 1.71 bits per heavy atom. The molecule has 0 bridgehead atoms. The highest BCUT2D eigenvalue weighted by Crippen LogP contribution is 2.44. The number of nitrogens with two attached hydrogens (primary N) is 1. The molecule has 1 aliphatic carbocycles. The SMILES string of the molecule is C=C(OC1(c2ccccc2)CCCC1)c1ccc(C(C)CN)cc1. The third-order valence-corrected chi connectivity index (χ3v) is 5.18. The van der Waals surface area contributed by atoms with E-state index >= 15 is 0 Å². The maximum absolute atomic E-state index is 6.48. The first kappa shape index (κ1) is 16.8. The molecule has 0 aliphatic heterocycles. The molecular weight excluding hydrogens is 294 g/mol. The number of ether oxygens (including phenoxy) is 1. The molecule has 2 aromatic carbocycles. The van der Waals surface area contributed by atoms with Gasteiger partial charge in [0.15, 0.2) is 0 Å². The van der Waals surface area contributed by atoms with Crippen LogP contribution in [0.1, 0.15) is 55.2 Å². The molecule has 126 valence electrons. The Labute approximate surface area is 145 Å². The Morgan fingerprint density at radius 3 is 2.29 bits per heavy atom. The molecule has 1 unspecified atom stereocenters. The number of hydrogen-bond donors (Lipinski definition) is 1. The van der Waals surface area contributed by atoms with E-state index in [4.69, 9.17) is 10.5 Å². The lowest BCUT2D eigenvalue weighted by molar-refractivity contribution is 0.0432. The molecular formula is C22H27NO. The van der Waals surface area contributed by atoms with E-state index in [1.807, 2.05) is 0 Å². The van der Waals surface area contributed by atoms with Crippen molar-refractivity contribution in [2.75, 3.05) is 6.54 Å². The third kappa shape index (κ3) is 3.39. The van der Waals surface area contributed by atoms with E-state index in [2.05, 4.69) is 68.1 Å². The molecule has 3 rings (SSSR count). The first-order valence-corrected chi connectivity index (χ1v) is 8.88. The second-order valence-corrected chi connectivity index (χ2v) is 6.85. The fraction of sp³-hybridized carbons (Fsp3) is 0.364. The van der Waals surface area contributed by atoms with Crippen LogP contribution in [0, 0.1) is 0 Å². The van der Waals surface area contributed by atoms with Gasteiger partial charge in [-0.1, -0.05) is 68.1 Å². The predicted molar refractivity (Wildman–Crippen MR) is 101 cm³/mol. The van der Waals surface area contributed by atoms with Crippen molar-refractivity contribution in [3.63, 3.8) is 0 Å². The maximum atomic E-state index is 6.48. The van der Waals surface area contributed by atoms with E-state index in [0.717, 1.165) is 24.2 Å². The Kier molecular flexibility index (Phi) is 5.06. The van der Waals surface area contributed by atoms with Crippen LogP contribution >= 0.6 is 0 Å². The smallest absolute Gasteiger partial charge is 0.134 e. The summed E-state index contributed by atoms with van der Waals surface area (Å²) in [7, 11) is 0. The fourth-order valence-corrected chi connectivity index (χ4v) is 3.57. The standard InChI is InChI=1S/C22H27NO/c1-17(16-23)19-10-12-20(13-11-19)18(2)24-22(14-6-7-15-22)21-8-4-3-5-9-21/h3-5,8-13,17H,2,6-7,14-16,23H2,1H3. The van der Waals surface area contributed by atoms with Gasteiger partial charge in [-0.2, -0.15) is 0 Å². The molecule has 0 aromatic heterocycles. The van der Waals surface area contributed by atoms with Crippen molar-refractivity contribution in [3.05, 3.63) is 77.9 Å². The summed E-state index contributed by atoms with van der Waals surface area (Å²) >= 11 is 0. The zero-order valence-corrected chi connectivity index (χ0v) is 14.5. The van der Waals surface area contributed by atoms with Gasteiger partial charge >= 0.3 is 0 Å². The lowest BCUT2D eigenvalue weighted by Crippen LogP contribution is -2.25. The third-order valence-electron chi connectivity index (χ3n) is 5.18. The minimum absolute atomic E-state index is 0.221. The highest BCUT2D eigenvalue weighted by atomic mass is 16.5. The lowest BCUT2D eigenvalue weighted by Gasteiger charge is -2.32. The van der Waals surface area contributed by atoms with Gasteiger partial charge in [0, 0.05) is 5.56 Å². The first-order valence-electron chi connectivity index (χ1n) is 8.88. The summed E-state index contributed by atoms with van der Waals surface area (Å²) in [5.41, 5.74) is 9.09. The van der Waals surface area contributed by atoms with E-state index in [1.54, 1.807) is 0 Å². The summed E-state index contributed by atoms with van der Waals surface area (Å²) in [5, 5.41) is 0. The van der Waals surface area contributed by atoms with Gasteiger partial charge < -0.3 is 10.5 Å². The minimum Gasteiger partial charge on any atom is -0.483 e. The topological polar surface area (TPSA) is 35.2 Å². The van der Waals surface area contributed by atoms with Gasteiger partial charge in [-0.15, -0.1) is 0 Å². The molecule has 0 heterocycles.